The first-order valence-electron chi connectivity index (χ1n) is 7.48. The quantitative estimate of drug-likeness (QED) is 0.667. The van der Waals surface area contributed by atoms with Gasteiger partial charge in [0.25, 0.3) is 10.2 Å². The molecule has 1 heterocycles. The van der Waals surface area contributed by atoms with E-state index in [0.717, 1.165) is 25.9 Å². The third-order valence-corrected chi connectivity index (χ3v) is 5.21. The molecule has 0 radical (unpaired) electrons. The van der Waals surface area contributed by atoms with Crippen molar-refractivity contribution in [2.75, 3.05) is 46.8 Å². The van der Waals surface area contributed by atoms with Gasteiger partial charge in [0, 0.05) is 25.7 Å². The molecule has 7 heteroatoms. The minimum absolute atomic E-state index is 0.0795. The Bertz CT molecular complexity index is 373. The van der Waals surface area contributed by atoms with Crippen molar-refractivity contribution in [2.24, 2.45) is 5.92 Å². The maximum atomic E-state index is 12.4. The van der Waals surface area contributed by atoms with Gasteiger partial charge in [-0.2, -0.15) is 17.4 Å². The summed E-state index contributed by atoms with van der Waals surface area (Å²) in [5.74, 6) is 0.421. The fraction of sp³-hybridized carbons (Fsp3) is 1.00. The van der Waals surface area contributed by atoms with E-state index in [-0.39, 0.29) is 6.04 Å². The summed E-state index contributed by atoms with van der Waals surface area (Å²) in [4.78, 5) is 1.98. The van der Waals surface area contributed by atoms with Crippen molar-refractivity contribution in [1.82, 2.24) is 19.2 Å². The zero-order valence-electron chi connectivity index (χ0n) is 13.2. The van der Waals surface area contributed by atoms with Crippen LogP contribution >= 0.6 is 0 Å². The van der Waals surface area contributed by atoms with Crippen LogP contribution in [0.15, 0.2) is 0 Å². The van der Waals surface area contributed by atoms with Crippen molar-refractivity contribution in [3.8, 4) is 0 Å². The fourth-order valence-electron chi connectivity index (χ4n) is 2.67. The molecule has 0 bridgehead atoms. The van der Waals surface area contributed by atoms with Crippen molar-refractivity contribution in [3.05, 3.63) is 0 Å². The molecule has 0 saturated carbocycles. The number of nitrogens with zero attached hydrogens (tertiary/aromatic N) is 2. The number of piperidine rings is 1. The summed E-state index contributed by atoms with van der Waals surface area (Å²) in [5, 5.41) is 3.31. The summed E-state index contributed by atoms with van der Waals surface area (Å²) < 4.78 is 29.1. The van der Waals surface area contributed by atoms with Crippen LogP contribution in [-0.2, 0) is 10.2 Å². The molecule has 1 aliphatic rings. The lowest BCUT2D eigenvalue weighted by Crippen LogP contribution is -2.51. The summed E-state index contributed by atoms with van der Waals surface area (Å²) in [6.07, 6.45) is 2.05. The van der Waals surface area contributed by atoms with Crippen molar-refractivity contribution in [3.63, 3.8) is 0 Å². The van der Waals surface area contributed by atoms with Gasteiger partial charge in [-0.25, -0.2) is 0 Å². The summed E-state index contributed by atoms with van der Waals surface area (Å²) >= 11 is 0. The molecule has 6 nitrogen and oxygen atoms in total. The van der Waals surface area contributed by atoms with Gasteiger partial charge in [0.15, 0.2) is 0 Å². The number of rotatable bonds is 8. The lowest BCUT2D eigenvalue weighted by molar-refractivity contribution is 0.256. The maximum Gasteiger partial charge on any atom is 0.279 e. The lowest BCUT2D eigenvalue weighted by Gasteiger charge is -2.33. The van der Waals surface area contributed by atoms with Crippen LogP contribution in [-0.4, -0.2) is 70.5 Å². The van der Waals surface area contributed by atoms with Crippen LogP contribution in [0.4, 0.5) is 0 Å². The highest BCUT2D eigenvalue weighted by atomic mass is 32.2. The summed E-state index contributed by atoms with van der Waals surface area (Å²) in [7, 11) is 0.528. The second-order valence-corrected chi connectivity index (χ2v) is 7.66. The second kappa shape index (κ2) is 8.29. The summed E-state index contributed by atoms with van der Waals surface area (Å²) in [6.45, 7) is 7.76. The van der Waals surface area contributed by atoms with Crippen LogP contribution in [0.25, 0.3) is 0 Å². The molecule has 1 saturated heterocycles. The molecule has 120 valence electrons. The third kappa shape index (κ3) is 6.05. The molecule has 2 N–H and O–H groups in total. The van der Waals surface area contributed by atoms with Crippen molar-refractivity contribution in [2.45, 2.75) is 32.7 Å². The van der Waals surface area contributed by atoms with Gasteiger partial charge in [0.05, 0.1) is 0 Å². The Morgan fingerprint density at radius 3 is 2.70 bits per heavy atom. The molecule has 0 amide bonds. The summed E-state index contributed by atoms with van der Waals surface area (Å²) in [6, 6.07) is -0.0795. The first-order chi connectivity index (χ1) is 9.35. The lowest BCUT2D eigenvalue weighted by atomic mass is 10.00. The van der Waals surface area contributed by atoms with E-state index < -0.39 is 10.2 Å². The average molecular weight is 306 g/mol. The molecular weight excluding hydrogens is 276 g/mol. The van der Waals surface area contributed by atoms with E-state index in [2.05, 4.69) is 17.0 Å². The van der Waals surface area contributed by atoms with Crippen LogP contribution in [0.2, 0.25) is 0 Å². The van der Waals surface area contributed by atoms with E-state index in [9.17, 15) is 8.42 Å². The van der Waals surface area contributed by atoms with Gasteiger partial charge >= 0.3 is 0 Å². The molecule has 1 aliphatic heterocycles. The largest absolute Gasteiger partial charge is 0.317 e. The molecule has 0 aromatic carbocycles. The van der Waals surface area contributed by atoms with Gasteiger partial charge in [0.2, 0.25) is 0 Å². The molecule has 0 aliphatic carbocycles. The Morgan fingerprint density at radius 2 is 2.10 bits per heavy atom. The zero-order valence-corrected chi connectivity index (χ0v) is 14.0. The van der Waals surface area contributed by atoms with Crippen LogP contribution in [0.5, 0.6) is 0 Å². The third-order valence-electron chi connectivity index (χ3n) is 3.49. The van der Waals surface area contributed by atoms with Gasteiger partial charge in [-0.05, 0) is 52.9 Å². The monoisotopic (exact) mass is 306 g/mol. The highest BCUT2D eigenvalue weighted by Gasteiger charge is 2.29. The topological polar surface area (TPSA) is 64.7 Å². The molecule has 20 heavy (non-hydrogen) atoms. The van der Waals surface area contributed by atoms with E-state index >= 15 is 0 Å². The first-order valence-corrected chi connectivity index (χ1v) is 8.92. The van der Waals surface area contributed by atoms with Gasteiger partial charge in [0.1, 0.15) is 0 Å². The molecule has 1 fully saturated rings. The number of hydrogen-bond donors (Lipinski definition) is 2. The molecule has 0 aromatic heterocycles. The van der Waals surface area contributed by atoms with Gasteiger partial charge in [-0.1, -0.05) is 6.92 Å². The smallest absolute Gasteiger partial charge is 0.279 e. The standard InChI is InChI=1S/C13H30N4O2S/c1-5-14-9-13-7-6-8-17(11-13)20(18,19)15-12(2)10-16(3)4/h12-15H,5-11H2,1-4H3. The van der Waals surface area contributed by atoms with Crippen LogP contribution in [0.3, 0.4) is 0 Å². The molecular formula is C13H30N4O2S. The Morgan fingerprint density at radius 1 is 1.40 bits per heavy atom. The SMILES string of the molecule is CCNCC1CCCN(S(=O)(=O)NC(C)CN(C)C)C1. The van der Waals surface area contributed by atoms with Gasteiger partial charge < -0.3 is 10.2 Å². The molecule has 2 unspecified atom stereocenters. The van der Waals surface area contributed by atoms with E-state index in [0.29, 0.717) is 25.6 Å². The highest BCUT2D eigenvalue weighted by molar-refractivity contribution is 7.87. The van der Waals surface area contributed by atoms with Crippen molar-refractivity contribution in [1.29, 1.82) is 0 Å². The highest BCUT2D eigenvalue weighted by Crippen LogP contribution is 2.18. The molecule has 0 aromatic rings. The Hall–Kier alpha value is -0.210. The van der Waals surface area contributed by atoms with E-state index in [4.69, 9.17) is 0 Å². The second-order valence-electron chi connectivity index (χ2n) is 5.96. The first kappa shape index (κ1) is 17.8. The van der Waals surface area contributed by atoms with E-state index in [1.807, 2.05) is 25.9 Å². The average Bonchev–Trinajstić information content (AvgIpc) is 2.35. The maximum absolute atomic E-state index is 12.4. The van der Waals surface area contributed by atoms with E-state index in [1.165, 1.54) is 0 Å². The Balaban J connectivity index is 2.53. The summed E-state index contributed by atoms with van der Waals surface area (Å²) in [5.41, 5.74) is 0. The minimum Gasteiger partial charge on any atom is -0.317 e. The predicted molar refractivity (Wildman–Crippen MR) is 82.9 cm³/mol. The molecule has 2 atom stereocenters. The Labute approximate surface area is 124 Å². The number of nitrogens with one attached hydrogen (secondary N) is 2. The van der Waals surface area contributed by atoms with Crippen LogP contribution < -0.4 is 10.0 Å². The molecule has 0 spiro atoms. The zero-order chi connectivity index (χ0) is 15.2. The molecule has 1 rings (SSSR count). The van der Waals surface area contributed by atoms with Gasteiger partial charge in [-0.15, -0.1) is 0 Å². The Kier molecular flexibility index (Phi) is 7.39. The fourth-order valence-corrected chi connectivity index (χ4v) is 4.18. The number of hydrogen-bond acceptors (Lipinski definition) is 4. The van der Waals surface area contributed by atoms with Crippen LogP contribution in [0, 0.1) is 5.92 Å². The number of likely N-dealkylation sites (N-methyl/N-ethyl adjacent to an activating group) is 1. The van der Waals surface area contributed by atoms with E-state index in [1.54, 1.807) is 4.31 Å². The van der Waals surface area contributed by atoms with Gasteiger partial charge in [-0.3, -0.25) is 0 Å². The van der Waals surface area contributed by atoms with Crippen molar-refractivity contribution >= 4 is 10.2 Å². The minimum atomic E-state index is -3.36. The predicted octanol–water partition coefficient (Wildman–Crippen LogP) is 0.0924. The van der Waals surface area contributed by atoms with Crippen LogP contribution in [0.1, 0.15) is 26.7 Å². The van der Waals surface area contributed by atoms with Crippen molar-refractivity contribution < 1.29 is 8.42 Å². The normalized spacial score (nSPS) is 23.1.